The molecule has 1 saturated carbocycles. The van der Waals surface area contributed by atoms with Crippen LogP contribution in [0, 0.1) is 11.8 Å². The zero-order valence-corrected chi connectivity index (χ0v) is 22.0. The highest BCUT2D eigenvalue weighted by Gasteiger charge is 2.53. The molecule has 0 unspecified atom stereocenters. The molecule has 4 heterocycles. The number of benzene rings is 1. The Hall–Kier alpha value is -2.58. The number of fused-ring (bicyclic) bond motifs is 1. The van der Waals surface area contributed by atoms with Gasteiger partial charge in [-0.05, 0) is 86.0 Å². The van der Waals surface area contributed by atoms with Crippen molar-refractivity contribution in [2.75, 3.05) is 31.6 Å². The fourth-order valence-electron chi connectivity index (χ4n) is 6.32. The standard InChI is InChI=1S/C29H33ClN4O3/c1-17-26(23-5-3-4-8-31-23)27(17)28(36)33-25-13-19-11-21(22(30)12-20(19)14-32-25)18-6-9-34(10-7-18)29(2)16-37-15-24(29)35/h3-5,8,11-14,17-18,24,26-27,35H,6-7,9-10,15-16H2,1-2H3,(H,32,33,36)/t17-,24-,26+,27+,29+/m0/s1. The summed E-state index contributed by atoms with van der Waals surface area (Å²) in [6.45, 7) is 6.95. The number of carbonyl (C=O) groups is 1. The molecule has 0 spiro atoms. The Morgan fingerprint density at radius 2 is 2.00 bits per heavy atom. The zero-order valence-electron chi connectivity index (χ0n) is 21.2. The molecule has 8 heteroatoms. The Morgan fingerprint density at radius 3 is 2.70 bits per heavy atom. The molecule has 1 aromatic carbocycles. The normalized spacial score (nSPS) is 30.5. The van der Waals surface area contributed by atoms with Gasteiger partial charge in [-0.1, -0.05) is 24.6 Å². The van der Waals surface area contributed by atoms with Crippen molar-refractivity contribution in [2.45, 2.75) is 50.2 Å². The molecule has 3 aromatic rings. The topological polar surface area (TPSA) is 87.6 Å². The third-order valence-electron chi connectivity index (χ3n) is 8.84. The van der Waals surface area contributed by atoms with E-state index in [4.69, 9.17) is 16.3 Å². The van der Waals surface area contributed by atoms with Gasteiger partial charge in [0.05, 0.1) is 30.8 Å². The molecule has 0 radical (unpaired) electrons. The SMILES string of the molecule is C[C@@H]1[C@@H](C(=O)Nc2cc3cc(C4CCN([C@]5(C)COC[C@@H]5O)CC4)c(Cl)cc3cn2)[C@H]1c1ccccn1. The average Bonchev–Trinajstić information content (AvgIpc) is 3.47. The van der Waals surface area contributed by atoms with Crippen molar-refractivity contribution >= 4 is 34.1 Å². The number of nitrogens with one attached hydrogen (secondary N) is 1. The second-order valence-electron chi connectivity index (χ2n) is 11.1. The molecular formula is C29H33ClN4O3. The number of hydrogen-bond donors (Lipinski definition) is 2. The van der Waals surface area contributed by atoms with E-state index in [0.29, 0.717) is 24.9 Å². The van der Waals surface area contributed by atoms with E-state index in [2.05, 4.69) is 40.1 Å². The van der Waals surface area contributed by atoms with E-state index < -0.39 is 6.10 Å². The highest BCUT2D eigenvalue weighted by molar-refractivity contribution is 6.32. The summed E-state index contributed by atoms with van der Waals surface area (Å²) in [7, 11) is 0. The van der Waals surface area contributed by atoms with Crippen molar-refractivity contribution in [1.29, 1.82) is 0 Å². The number of rotatable bonds is 5. The van der Waals surface area contributed by atoms with Gasteiger partial charge in [-0.25, -0.2) is 4.98 Å². The van der Waals surface area contributed by atoms with Gasteiger partial charge >= 0.3 is 0 Å². The van der Waals surface area contributed by atoms with Crippen LogP contribution in [-0.2, 0) is 9.53 Å². The number of aliphatic hydroxyl groups is 1. The van der Waals surface area contributed by atoms with E-state index in [1.807, 2.05) is 30.3 Å². The van der Waals surface area contributed by atoms with E-state index >= 15 is 0 Å². The molecule has 3 aliphatic rings. The fraction of sp³-hybridized carbons (Fsp3) is 0.483. The number of halogens is 1. The van der Waals surface area contributed by atoms with Gasteiger partial charge < -0.3 is 15.2 Å². The number of aromatic nitrogens is 2. The van der Waals surface area contributed by atoms with Crippen molar-refractivity contribution < 1.29 is 14.6 Å². The Balaban J connectivity index is 1.16. The summed E-state index contributed by atoms with van der Waals surface area (Å²) >= 11 is 6.74. The predicted octanol–water partition coefficient (Wildman–Crippen LogP) is 4.60. The maximum Gasteiger partial charge on any atom is 0.229 e. The molecule has 0 bridgehead atoms. The number of ether oxygens (including phenoxy) is 1. The molecular weight excluding hydrogens is 488 g/mol. The minimum absolute atomic E-state index is 0.0110. The van der Waals surface area contributed by atoms with E-state index in [-0.39, 0.29) is 29.2 Å². The summed E-state index contributed by atoms with van der Waals surface area (Å²) in [5, 5.41) is 16.2. The first-order valence-electron chi connectivity index (χ1n) is 13.2. The van der Waals surface area contributed by atoms with Gasteiger partial charge in [-0.3, -0.25) is 14.7 Å². The van der Waals surface area contributed by atoms with Crippen LogP contribution in [0.15, 0.2) is 48.8 Å². The van der Waals surface area contributed by atoms with Crippen LogP contribution in [0.1, 0.15) is 49.8 Å². The number of likely N-dealkylation sites (tertiary alicyclic amines) is 1. The number of carbonyl (C=O) groups excluding carboxylic acids is 1. The number of amides is 1. The van der Waals surface area contributed by atoms with Crippen LogP contribution in [-0.4, -0.2) is 63.8 Å². The summed E-state index contributed by atoms with van der Waals surface area (Å²) in [4.78, 5) is 24.3. The lowest BCUT2D eigenvalue weighted by atomic mass is 9.85. The summed E-state index contributed by atoms with van der Waals surface area (Å²) in [6.07, 6.45) is 5.04. The third kappa shape index (κ3) is 4.52. The minimum Gasteiger partial charge on any atom is -0.389 e. The molecule has 5 atom stereocenters. The zero-order chi connectivity index (χ0) is 25.7. The number of nitrogens with zero attached hydrogens (tertiary/aromatic N) is 3. The molecule has 194 valence electrons. The molecule has 2 saturated heterocycles. The number of pyridine rings is 2. The molecule has 2 aliphatic heterocycles. The lowest BCUT2D eigenvalue weighted by molar-refractivity contribution is -0.117. The summed E-state index contributed by atoms with van der Waals surface area (Å²) in [5.41, 5.74) is 1.79. The lowest BCUT2D eigenvalue weighted by Crippen LogP contribution is -2.56. The van der Waals surface area contributed by atoms with Crippen molar-refractivity contribution in [3.05, 3.63) is 65.1 Å². The Morgan fingerprint density at radius 1 is 1.19 bits per heavy atom. The highest BCUT2D eigenvalue weighted by Crippen LogP contribution is 2.53. The Kier molecular flexibility index (Phi) is 6.43. The largest absolute Gasteiger partial charge is 0.389 e. The smallest absolute Gasteiger partial charge is 0.229 e. The van der Waals surface area contributed by atoms with Crippen LogP contribution in [0.4, 0.5) is 5.82 Å². The molecule has 3 fully saturated rings. The fourth-order valence-corrected chi connectivity index (χ4v) is 6.65. The van der Waals surface area contributed by atoms with E-state index in [0.717, 1.165) is 53.0 Å². The van der Waals surface area contributed by atoms with Gasteiger partial charge in [-0.15, -0.1) is 0 Å². The molecule has 6 rings (SSSR count). The van der Waals surface area contributed by atoms with Gasteiger partial charge in [0.15, 0.2) is 0 Å². The minimum atomic E-state index is -0.452. The Labute approximate surface area is 222 Å². The predicted molar refractivity (Wildman–Crippen MR) is 144 cm³/mol. The molecule has 2 aromatic heterocycles. The summed E-state index contributed by atoms with van der Waals surface area (Å²) < 4.78 is 5.54. The van der Waals surface area contributed by atoms with E-state index in [1.54, 1.807) is 12.4 Å². The third-order valence-corrected chi connectivity index (χ3v) is 9.17. The summed E-state index contributed by atoms with van der Waals surface area (Å²) in [6, 6.07) is 11.9. The van der Waals surface area contributed by atoms with Gasteiger partial charge in [0.1, 0.15) is 5.82 Å². The van der Waals surface area contributed by atoms with Crippen LogP contribution in [0.2, 0.25) is 5.02 Å². The molecule has 1 aliphatic carbocycles. The molecule has 2 N–H and O–H groups in total. The van der Waals surface area contributed by atoms with E-state index in [1.165, 1.54) is 0 Å². The van der Waals surface area contributed by atoms with Crippen LogP contribution < -0.4 is 5.32 Å². The summed E-state index contributed by atoms with van der Waals surface area (Å²) in [5.74, 6) is 1.20. The Bertz CT molecular complexity index is 1310. The van der Waals surface area contributed by atoms with Gasteiger partial charge in [0.25, 0.3) is 0 Å². The molecule has 37 heavy (non-hydrogen) atoms. The molecule has 7 nitrogen and oxygen atoms in total. The average molecular weight is 521 g/mol. The maximum absolute atomic E-state index is 13.0. The van der Waals surface area contributed by atoms with Crippen LogP contribution in [0.25, 0.3) is 10.8 Å². The number of anilines is 1. The van der Waals surface area contributed by atoms with E-state index in [9.17, 15) is 9.90 Å². The van der Waals surface area contributed by atoms with Crippen LogP contribution in [0.5, 0.6) is 0 Å². The second-order valence-corrected chi connectivity index (χ2v) is 11.5. The lowest BCUT2D eigenvalue weighted by Gasteiger charge is -2.43. The van der Waals surface area contributed by atoms with Crippen molar-refractivity contribution in [3.8, 4) is 0 Å². The first kappa shape index (κ1) is 24.7. The second kappa shape index (κ2) is 9.62. The quantitative estimate of drug-likeness (QED) is 0.511. The number of piperidine rings is 1. The van der Waals surface area contributed by atoms with Gasteiger partial charge in [0, 0.05) is 34.4 Å². The van der Waals surface area contributed by atoms with Gasteiger partial charge in [0.2, 0.25) is 5.91 Å². The van der Waals surface area contributed by atoms with Crippen LogP contribution >= 0.6 is 11.6 Å². The van der Waals surface area contributed by atoms with Crippen LogP contribution in [0.3, 0.4) is 0 Å². The van der Waals surface area contributed by atoms with Gasteiger partial charge in [-0.2, -0.15) is 0 Å². The number of aliphatic hydroxyl groups excluding tert-OH is 1. The van der Waals surface area contributed by atoms with Crippen molar-refractivity contribution in [2.24, 2.45) is 11.8 Å². The van der Waals surface area contributed by atoms with Crippen molar-refractivity contribution in [3.63, 3.8) is 0 Å². The first-order chi connectivity index (χ1) is 17.8. The maximum atomic E-state index is 13.0. The monoisotopic (exact) mass is 520 g/mol. The first-order valence-corrected chi connectivity index (χ1v) is 13.5. The highest BCUT2D eigenvalue weighted by atomic mass is 35.5. The number of hydrogen-bond acceptors (Lipinski definition) is 6. The molecule has 1 amide bonds. The van der Waals surface area contributed by atoms with Crippen molar-refractivity contribution in [1.82, 2.24) is 14.9 Å².